The summed E-state index contributed by atoms with van der Waals surface area (Å²) in [5, 5.41) is 12.3. The molecule has 1 aliphatic rings. The van der Waals surface area contributed by atoms with Gasteiger partial charge >= 0.3 is 5.97 Å². The van der Waals surface area contributed by atoms with Crippen molar-refractivity contribution in [2.24, 2.45) is 0 Å². The van der Waals surface area contributed by atoms with Gasteiger partial charge in [0.2, 0.25) is 0 Å². The second-order valence-corrected chi connectivity index (χ2v) is 4.73. The molecule has 0 saturated heterocycles. The fraction of sp³-hybridized carbons (Fsp3) is 0.583. The molecule has 1 aromatic rings. The van der Waals surface area contributed by atoms with Crippen LogP contribution in [0.25, 0.3) is 0 Å². The summed E-state index contributed by atoms with van der Waals surface area (Å²) in [4.78, 5) is 19.1. The molecule has 0 unspecified atom stereocenters. The molecule has 0 spiro atoms. The van der Waals surface area contributed by atoms with E-state index in [1.807, 2.05) is 13.0 Å². The quantitative estimate of drug-likeness (QED) is 0.834. The van der Waals surface area contributed by atoms with E-state index in [9.17, 15) is 4.79 Å². The highest BCUT2D eigenvalue weighted by Crippen LogP contribution is 2.35. The molecule has 0 amide bonds. The zero-order chi connectivity index (χ0) is 12.3. The predicted octanol–water partition coefficient (Wildman–Crippen LogP) is 1.98. The minimum Gasteiger partial charge on any atom is -0.481 e. The van der Waals surface area contributed by atoms with Crippen molar-refractivity contribution in [3.05, 3.63) is 18.1 Å². The van der Waals surface area contributed by atoms with Crippen LogP contribution >= 0.6 is 0 Å². The zero-order valence-electron chi connectivity index (χ0n) is 9.94. The summed E-state index contributed by atoms with van der Waals surface area (Å²) in [6, 6.07) is 1.85. The Labute approximate surface area is 100 Å². The van der Waals surface area contributed by atoms with Crippen LogP contribution in [0, 0.1) is 6.92 Å². The van der Waals surface area contributed by atoms with Crippen molar-refractivity contribution < 1.29 is 9.90 Å². The number of carboxylic acids is 1. The van der Waals surface area contributed by atoms with E-state index in [1.54, 1.807) is 0 Å². The number of hydrogen-bond acceptors (Lipinski definition) is 4. The lowest BCUT2D eigenvalue weighted by molar-refractivity contribution is -0.138. The highest BCUT2D eigenvalue weighted by atomic mass is 16.4. The Bertz CT molecular complexity index is 414. The predicted molar refractivity (Wildman–Crippen MR) is 63.8 cm³/mol. The van der Waals surface area contributed by atoms with Crippen molar-refractivity contribution in [1.29, 1.82) is 0 Å². The van der Waals surface area contributed by atoms with Crippen LogP contribution in [0.2, 0.25) is 0 Å². The van der Waals surface area contributed by atoms with Crippen LogP contribution < -0.4 is 5.32 Å². The first kappa shape index (κ1) is 11.8. The molecule has 1 saturated carbocycles. The summed E-state index contributed by atoms with van der Waals surface area (Å²) < 4.78 is 0. The van der Waals surface area contributed by atoms with Gasteiger partial charge in [0.25, 0.3) is 0 Å². The average Bonchev–Trinajstić information content (AvgIpc) is 2.65. The van der Waals surface area contributed by atoms with Crippen molar-refractivity contribution in [2.75, 3.05) is 5.32 Å². The van der Waals surface area contributed by atoms with Gasteiger partial charge in [-0.15, -0.1) is 0 Å². The van der Waals surface area contributed by atoms with E-state index in [0.717, 1.165) is 37.2 Å². The van der Waals surface area contributed by atoms with E-state index >= 15 is 0 Å². The number of carbonyl (C=O) groups is 1. The van der Waals surface area contributed by atoms with Crippen LogP contribution in [0.15, 0.2) is 12.4 Å². The molecule has 0 bridgehead atoms. The van der Waals surface area contributed by atoms with E-state index in [1.165, 1.54) is 6.33 Å². The summed E-state index contributed by atoms with van der Waals surface area (Å²) in [6.45, 7) is 1.89. The van der Waals surface area contributed by atoms with Gasteiger partial charge in [0.05, 0.1) is 6.42 Å². The van der Waals surface area contributed by atoms with Gasteiger partial charge in [-0.2, -0.15) is 0 Å². The molecule has 0 aromatic carbocycles. The monoisotopic (exact) mass is 235 g/mol. The van der Waals surface area contributed by atoms with E-state index in [4.69, 9.17) is 5.11 Å². The molecule has 1 aliphatic carbocycles. The third kappa shape index (κ3) is 2.93. The van der Waals surface area contributed by atoms with Crippen molar-refractivity contribution in [3.63, 3.8) is 0 Å². The van der Waals surface area contributed by atoms with Gasteiger partial charge < -0.3 is 10.4 Å². The second kappa shape index (κ2) is 4.69. The molecular weight excluding hydrogens is 218 g/mol. The van der Waals surface area contributed by atoms with Gasteiger partial charge in [-0.25, -0.2) is 9.97 Å². The second-order valence-electron chi connectivity index (χ2n) is 4.73. The van der Waals surface area contributed by atoms with E-state index in [2.05, 4.69) is 15.3 Å². The van der Waals surface area contributed by atoms with E-state index < -0.39 is 5.97 Å². The summed E-state index contributed by atoms with van der Waals surface area (Å²) in [6.07, 6.45) is 5.58. The van der Waals surface area contributed by atoms with Crippen LogP contribution in [-0.4, -0.2) is 26.6 Å². The zero-order valence-corrected chi connectivity index (χ0v) is 9.94. The maximum atomic E-state index is 10.9. The molecule has 5 nitrogen and oxygen atoms in total. The topological polar surface area (TPSA) is 75.1 Å². The Morgan fingerprint density at radius 2 is 2.18 bits per heavy atom. The standard InChI is InChI=1S/C12H17N3O2/c1-9-6-10(14-8-13-9)15-12(7-11(16)17)4-2-3-5-12/h6,8H,2-5,7H2,1H3,(H,16,17)(H,13,14,15). The van der Waals surface area contributed by atoms with Gasteiger partial charge in [0.1, 0.15) is 12.1 Å². The Balaban J connectivity index is 2.15. The number of anilines is 1. The maximum Gasteiger partial charge on any atom is 0.305 e. The Kier molecular flexibility index (Phi) is 3.26. The minimum absolute atomic E-state index is 0.149. The first-order valence-electron chi connectivity index (χ1n) is 5.88. The number of aryl methyl sites for hydroxylation is 1. The maximum absolute atomic E-state index is 10.9. The first-order chi connectivity index (χ1) is 8.10. The number of hydrogen-bond donors (Lipinski definition) is 2. The third-order valence-electron chi connectivity index (χ3n) is 3.25. The van der Waals surface area contributed by atoms with Gasteiger partial charge in [-0.05, 0) is 19.8 Å². The number of rotatable bonds is 4. The molecular formula is C12H17N3O2. The smallest absolute Gasteiger partial charge is 0.305 e. The van der Waals surface area contributed by atoms with Gasteiger partial charge in [-0.3, -0.25) is 4.79 Å². The first-order valence-corrected chi connectivity index (χ1v) is 5.88. The Morgan fingerprint density at radius 1 is 1.47 bits per heavy atom. The number of aliphatic carboxylic acids is 1. The number of aromatic nitrogens is 2. The number of nitrogens with zero attached hydrogens (tertiary/aromatic N) is 2. The van der Waals surface area contributed by atoms with Gasteiger partial charge in [0, 0.05) is 17.3 Å². The highest BCUT2D eigenvalue weighted by molar-refractivity contribution is 5.69. The van der Waals surface area contributed by atoms with Gasteiger partial charge in [-0.1, -0.05) is 12.8 Å². The molecule has 17 heavy (non-hydrogen) atoms. The van der Waals surface area contributed by atoms with Crippen molar-refractivity contribution in [1.82, 2.24) is 9.97 Å². The van der Waals surface area contributed by atoms with E-state index in [0.29, 0.717) is 0 Å². The molecule has 5 heteroatoms. The minimum atomic E-state index is -0.759. The summed E-state index contributed by atoms with van der Waals surface area (Å²) >= 11 is 0. The van der Waals surface area contributed by atoms with Crippen LogP contribution in [0.3, 0.4) is 0 Å². The average molecular weight is 235 g/mol. The van der Waals surface area contributed by atoms with E-state index in [-0.39, 0.29) is 12.0 Å². The molecule has 92 valence electrons. The van der Waals surface area contributed by atoms with Crippen LogP contribution in [0.4, 0.5) is 5.82 Å². The SMILES string of the molecule is Cc1cc(NC2(CC(=O)O)CCCC2)ncn1. The van der Waals surface area contributed by atoms with Crippen molar-refractivity contribution >= 4 is 11.8 Å². The van der Waals surface area contributed by atoms with Crippen LogP contribution in [-0.2, 0) is 4.79 Å². The number of nitrogens with one attached hydrogen (secondary N) is 1. The molecule has 0 radical (unpaired) electrons. The Hall–Kier alpha value is -1.65. The molecule has 1 aromatic heterocycles. The fourth-order valence-electron chi connectivity index (χ4n) is 2.48. The Morgan fingerprint density at radius 3 is 2.76 bits per heavy atom. The lowest BCUT2D eigenvalue weighted by Gasteiger charge is -2.29. The van der Waals surface area contributed by atoms with Crippen LogP contribution in [0.5, 0.6) is 0 Å². The summed E-state index contributed by atoms with van der Waals surface area (Å²) in [5.41, 5.74) is 0.554. The molecule has 2 N–H and O–H groups in total. The van der Waals surface area contributed by atoms with Crippen molar-refractivity contribution in [2.45, 2.75) is 44.6 Å². The normalized spacial score (nSPS) is 17.9. The van der Waals surface area contributed by atoms with Crippen LogP contribution in [0.1, 0.15) is 37.8 Å². The van der Waals surface area contributed by atoms with Gasteiger partial charge in [0.15, 0.2) is 0 Å². The fourth-order valence-corrected chi connectivity index (χ4v) is 2.48. The summed E-state index contributed by atoms with van der Waals surface area (Å²) in [7, 11) is 0. The lowest BCUT2D eigenvalue weighted by Crippen LogP contribution is -2.37. The third-order valence-corrected chi connectivity index (χ3v) is 3.25. The highest BCUT2D eigenvalue weighted by Gasteiger charge is 2.36. The summed E-state index contributed by atoms with van der Waals surface area (Å²) in [5.74, 6) is -0.0363. The molecule has 0 aliphatic heterocycles. The molecule has 0 atom stereocenters. The lowest BCUT2D eigenvalue weighted by atomic mass is 9.93. The number of carboxylic acid groups (broad SMARTS) is 1. The molecule has 2 rings (SSSR count). The largest absolute Gasteiger partial charge is 0.481 e. The molecule has 1 fully saturated rings. The molecule has 1 heterocycles. The van der Waals surface area contributed by atoms with Crippen molar-refractivity contribution in [3.8, 4) is 0 Å².